The highest BCUT2D eigenvalue weighted by atomic mass is 15.2. The molecule has 1 aliphatic rings. The molecule has 2 heteroatoms. The van der Waals surface area contributed by atoms with Gasteiger partial charge in [-0.25, -0.2) is 0 Å². The molecular formula is C17H20N2. The first-order chi connectivity index (χ1) is 9.33. The molecule has 98 valence electrons. The predicted octanol–water partition coefficient (Wildman–Crippen LogP) is 2.61. The Bertz CT molecular complexity index is 509. The third-order valence-corrected chi connectivity index (χ3v) is 3.92. The molecular weight excluding hydrogens is 232 g/mol. The zero-order valence-corrected chi connectivity index (χ0v) is 11.1. The lowest BCUT2D eigenvalue weighted by atomic mass is 9.95. The van der Waals surface area contributed by atoms with Crippen molar-refractivity contribution in [3.63, 3.8) is 0 Å². The van der Waals surface area contributed by atoms with Crippen molar-refractivity contribution in [2.75, 3.05) is 13.1 Å². The summed E-state index contributed by atoms with van der Waals surface area (Å²) in [6, 6.07) is 21.5. The molecule has 0 aliphatic carbocycles. The van der Waals surface area contributed by atoms with Crippen LogP contribution in [0.15, 0.2) is 60.7 Å². The smallest absolute Gasteiger partial charge is 0.0250 e. The highest BCUT2D eigenvalue weighted by Crippen LogP contribution is 2.27. The number of likely N-dealkylation sites (tertiary alicyclic amines) is 1. The highest BCUT2D eigenvalue weighted by molar-refractivity contribution is 5.24. The molecule has 0 aromatic heterocycles. The molecule has 2 aromatic rings. The van der Waals surface area contributed by atoms with E-state index in [9.17, 15) is 0 Å². The second kappa shape index (κ2) is 5.55. The van der Waals surface area contributed by atoms with Gasteiger partial charge in [-0.1, -0.05) is 60.7 Å². The summed E-state index contributed by atoms with van der Waals surface area (Å²) in [7, 11) is 0. The van der Waals surface area contributed by atoms with Gasteiger partial charge in [-0.2, -0.15) is 0 Å². The Balaban J connectivity index is 1.69. The zero-order chi connectivity index (χ0) is 13.1. The molecule has 1 heterocycles. The van der Waals surface area contributed by atoms with E-state index in [1.54, 1.807) is 0 Å². The van der Waals surface area contributed by atoms with Crippen molar-refractivity contribution < 1.29 is 0 Å². The summed E-state index contributed by atoms with van der Waals surface area (Å²) in [5.74, 6) is 0.463. The maximum atomic E-state index is 6.31. The van der Waals surface area contributed by atoms with Crippen molar-refractivity contribution in [1.82, 2.24) is 4.90 Å². The molecule has 3 rings (SSSR count). The molecule has 2 aromatic carbocycles. The lowest BCUT2D eigenvalue weighted by Gasteiger charge is -2.16. The Morgan fingerprint density at radius 3 is 2.21 bits per heavy atom. The second-order valence-corrected chi connectivity index (χ2v) is 5.36. The first-order valence-electron chi connectivity index (χ1n) is 6.90. The van der Waals surface area contributed by atoms with Crippen molar-refractivity contribution in [3.05, 3.63) is 71.8 Å². The average Bonchev–Trinajstić information content (AvgIpc) is 2.82. The lowest BCUT2D eigenvalue weighted by Crippen LogP contribution is -2.28. The molecule has 0 amide bonds. The van der Waals surface area contributed by atoms with E-state index in [4.69, 9.17) is 5.73 Å². The third-order valence-electron chi connectivity index (χ3n) is 3.92. The van der Waals surface area contributed by atoms with Crippen LogP contribution in [-0.4, -0.2) is 24.0 Å². The molecule has 1 aliphatic heterocycles. The Labute approximate surface area is 114 Å². The van der Waals surface area contributed by atoms with E-state index in [-0.39, 0.29) is 6.04 Å². The van der Waals surface area contributed by atoms with Crippen LogP contribution in [0.1, 0.15) is 17.0 Å². The fourth-order valence-electron chi connectivity index (χ4n) is 2.94. The van der Waals surface area contributed by atoms with Crippen LogP contribution in [-0.2, 0) is 6.54 Å². The zero-order valence-electron chi connectivity index (χ0n) is 11.1. The number of rotatable bonds is 3. The van der Waals surface area contributed by atoms with Gasteiger partial charge in [0.05, 0.1) is 0 Å². The van der Waals surface area contributed by atoms with Crippen molar-refractivity contribution in [3.8, 4) is 0 Å². The second-order valence-electron chi connectivity index (χ2n) is 5.36. The first-order valence-corrected chi connectivity index (χ1v) is 6.90. The summed E-state index contributed by atoms with van der Waals surface area (Å²) >= 11 is 0. The predicted molar refractivity (Wildman–Crippen MR) is 78.9 cm³/mol. The maximum absolute atomic E-state index is 6.31. The minimum atomic E-state index is 0.242. The van der Waals surface area contributed by atoms with Gasteiger partial charge < -0.3 is 5.73 Å². The highest BCUT2D eigenvalue weighted by Gasteiger charge is 2.30. The molecule has 0 bridgehead atoms. The van der Waals surface area contributed by atoms with Crippen molar-refractivity contribution in [2.24, 2.45) is 5.73 Å². The van der Waals surface area contributed by atoms with E-state index in [0.29, 0.717) is 5.92 Å². The first kappa shape index (κ1) is 12.4. The molecule has 19 heavy (non-hydrogen) atoms. The van der Waals surface area contributed by atoms with Crippen LogP contribution in [0.2, 0.25) is 0 Å². The minimum Gasteiger partial charge on any atom is -0.326 e. The Hall–Kier alpha value is -1.64. The molecule has 2 atom stereocenters. The fraction of sp³-hybridized carbons (Fsp3) is 0.294. The molecule has 0 radical (unpaired) electrons. The van der Waals surface area contributed by atoms with Crippen LogP contribution in [0.3, 0.4) is 0 Å². The van der Waals surface area contributed by atoms with Crippen LogP contribution in [0.25, 0.3) is 0 Å². The normalized spacial score (nSPS) is 23.6. The molecule has 0 spiro atoms. The van der Waals surface area contributed by atoms with Gasteiger partial charge in [0.1, 0.15) is 0 Å². The Morgan fingerprint density at radius 2 is 1.53 bits per heavy atom. The molecule has 2 N–H and O–H groups in total. The SMILES string of the molecule is N[C@@H]1CN(Cc2ccccc2)C[C@@H]1c1ccccc1. The Kier molecular flexibility index (Phi) is 3.62. The molecule has 0 unspecified atom stereocenters. The van der Waals surface area contributed by atoms with E-state index in [0.717, 1.165) is 19.6 Å². The summed E-state index contributed by atoms with van der Waals surface area (Å²) in [5, 5.41) is 0. The standard InChI is InChI=1S/C17H20N2/c18-17-13-19(11-14-7-3-1-4-8-14)12-16(17)15-9-5-2-6-10-15/h1-10,16-17H,11-13,18H2/t16-,17-/m1/s1. The summed E-state index contributed by atoms with van der Waals surface area (Å²) in [6.07, 6.45) is 0. The van der Waals surface area contributed by atoms with E-state index in [2.05, 4.69) is 65.6 Å². The summed E-state index contributed by atoms with van der Waals surface area (Å²) in [5.41, 5.74) is 9.04. The van der Waals surface area contributed by atoms with Crippen LogP contribution < -0.4 is 5.73 Å². The Morgan fingerprint density at radius 1 is 0.895 bits per heavy atom. The number of nitrogens with two attached hydrogens (primary N) is 1. The van der Waals surface area contributed by atoms with Crippen molar-refractivity contribution >= 4 is 0 Å². The van der Waals surface area contributed by atoms with E-state index in [1.165, 1.54) is 11.1 Å². The average molecular weight is 252 g/mol. The summed E-state index contributed by atoms with van der Waals surface area (Å²) in [4.78, 5) is 2.46. The van der Waals surface area contributed by atoms with Gasteiger partial charge in [0.2, 0.25) is 0 Å². The monoisotopic (exact) mass is 252 g/mol. The quantitative estimate of drug-likeness (QED) is 0.910. The van der Waals surface area contributed by atoms with Gasteiger partial charge in [-0.3, -0.25) is 4.90 Å². The van der Waals surface area contributed by atoms with Gasteiger partial charge >= 0.3 is 0 Å². The van der Waals surface area contributed by atoms with Gasteiger partial charge in [0.25, 0.3) is 0 Å². The maximum Gasteiger partial charge on any atom is 0.0250 e. The van der Waals surface area contributed by atoms with Gasteiger partial charge in [0, 0.05) is 31.6 Å². The molecule has 1 saturated heterocycles. The summed E-state index contributed by atoms with van der Waals surface area (Å²) < 4.78 is 0. The van der Waals surface area contributed by atoms with E-state index >= 15 is 0 Å². The van der Waals surface area contributed by atoms with Gasteiger partial charge in [-0.15, -0.1) is 0 Å². The number of nitrogens with zero attached hydrogens (tertiary/aromatic N) is 1. The summed E-state index contributed by atoms with van der Waals surface area (Å²) in [6.45, 7) is 3.03. The number of benzene rings is 2. The van der Waals surface area contributed by atoms with Crippen LogP contribution in [0, 0.1) is 0 Å². The molecule has 1 fully saturated rings. The lowest BCUT2D eigenvalue weighted by molar-refractivity contribution is 0.324. The van der Waals surface area contributed by atoms with E-state index < -0.39 is 0 Å². The topological polar surface area (TPSA) is 29.3 Å². The number of hydrogen-bond acceptors (Lipinski definition) is 2. The third kappa shape index (κ3) is 2.86. The fourth-order valence-corrected chi connectivity index (χ4v) is 2.94. The largest absolute Gasteiger partial charge is 0.326 e. The van der Waals surface area contributed by atoms with Gasteiger partial charge in [0.15, 0.2) is 0 Å². The van der Waals surface area contributed by atoms with Gasteiger partial charge in [-0.05, 0) is 11.1 Å². The van der Waals surface area contributed by atoms with E-state index in [1.807, 2.05) is 0 Å². The van der Waals surface area contributed by atoms with Crippen molar-refractivity contribution in [2.45, 2.75) is 18.5 Å². The van der Waals surface area contributed by atoms with Crippen LogP contribution in [0.5, 0.6) is 0 Å². The van der Waals surface area contributed by atoms with Crippen LogP contribution >= 0.6 is 0 Å². The molecule has 2 nitrogen and oxygen atoms in total. The number of hydrogen-bond donors (Lipinski definition) is 1. The van der Waals surface area contributed by atoms with Crippen LogP contribution in [0.4, 0.5) is 0 Å². The minimum absolute atomic E-state index is 0.242. The molecule has 0 saturated carbocycles. The van der Waals surface area contributed by atoms with Crippen molar-refractivity contribution in [1.29, 1.82) is 0 Å².